The highest BCUT2D eigenvalue weighted by molar-refractivity contribution is 5.83. The van der Waals surface area contributed by atoms with Crippen LogP contribution in [0.4, 0.5) is 13.2 Å². The second kappa shape index (κ2) is 4.11. The quantitative estimate of drug-likeness (QED) is 0.383. The van der Waals surface area contributed by atoms with Gasteiger partial charge in [0.05, 0.1) is 5.76 Å². The summed E-state index contributed by atoms with van der Waals surface area (Å²) < 4.78 is 39.9. The van der Waals surface area contributed by atoms with E-state index in [1.807, 2.05) is 0 Å². The Labute approximate surface area is 73.7 Å². The molecule has 2 nitrogen and oxygen atoms in total. The summed E-state index contributed by atoms with van der Waals surface area (Å²) in [4.78, 5) is 10.7. The van der Waals surface area contributed by atoms with E-state index in [9.17, 15) is 18.0 Å². The van der Waals surface area contributed by atoms with Crippen molar-refractivity contribution in [2.75, 3.05) is 0 Å². The number of hydrogen-bond donors (Lipinski definition) is 0. The zero-order valence-corrected chi connectivity index (χ0v) is 7.23. The van der Waals surface area contributed by atoms with E-state index in [1.54, 1.807) is 0 Å². The Hall–Kier alpha value is -1.26. The Morgan fingerprint density at radius 2 is 1.85 bits per heavy atom. The molecule has 0 saturated heterocycles. The summed E-state index contributed by atoms with van der Waals surface area (Å²) in [5.74, 6) is -1.02. The maximum atomic E-state index is 11.8. The second-order valence-corrected chi connectivity index (χ2v) is 2.45. The molecule has 0 aromatic carbocycles. The number of esters is 1. The lowest BCUT2D eigenvalue weighted by Crippen LogP contribution is -2.11. The molecule has 5 heteroatoms. The molecule has 13 heavy (non-hydrogen) atoms. The van der Waals surface area contributed by atoms with Crippen molar-refractivity contribution in [2.45, 2.75) is 20.0 Å². The number of hydrogen-bond acceptors (Lipinski definition) is 2. The number of rotatable bonds is 2. The van der Waals surface area contributed by atoms with Gasteiger partial charge in [0.15, 0.2) is 0 Å². The molecular weight excluding hydrogens is 185 g/mol. The van der Waals surface area contributed by atoms with E-state index in [2.05, 4.69) is 11.3 Å². The zero-order chi connectivity index (χ0) is 10.6. The minimum absolute atomic E-state index is 0.0521. The van der Waals surface area contributed by atoms with Crippen molar-refractivity contribution in [3.63, 3.8) is 0 Å². The van der Waals surface area contributed by atoms with Gasteiger partial charge in [-0.25, -0.2) is 4.79 Å². The molecule has 0 atom stereocenters. The van der Waals surface area contributed by atoms with Gasteiger partial charge in [-0.2, -0.15) is 13.2 Å². The Balaban J connectivity index is 4.40. The molecule has 0 fully saturated rings. The summed E-state index contributed by atoms with van der Waals surface area (Å²) in [5.41, 5.74) is -1.00. The average molecular weight is 194 g/mol. The molecule has 0 saturated carbocycles. The Morgan fingerprint density at radius 1 is 1.38 bits per heavy atom. The third-order valence-corrected chi connectivity index (χ3v) is 1.06. The molecule has 0 spiro atoms. The summed E-state index contributed by atoms with van der Waals surface area (Å²) in [6.07, 6.45) is -4.11. The molecule has 0 aromatic heterocycles. The van der Waals surface area contributed by atoms with Gasteiger partial charge in [0.25, 0.3) is 0 Å². The predicted octanol–water partition coefficient (Wildman–Crippen LogP) is 2.57. The van der Waals surface area contributed by atoms with Crippen LogP contribution in [-0.2, 0) is 9.53 Å². The molecule has 0 aliphatic heterocycles. The lowest BCUT2D eigenvalue weighted by atomic mass is 10.3. The Kier molecular flexibility index (Phi) is 3.71. The average Bonchev–Trinajstić information content (AvgIpc) is 1.82. The van der Waals surface area contributed by atoms with Crippen LogP contribution in [0.15, 0.2) is 24.0 Å². The first kappa shape index (κ1) is 11.7. The summed E-state index contributed by atoms with van der Waals surface area (Å²) in [7, 11) is 0. The minimum Gasteiger partial charge on any atom is -0.429 e. The van der Waals surface area contributed by atoms with Crippen LogP contribution < -0.4 is 0 Å². The number of alkyl halides is 3. The Bertz CT molecular complexity index is 251. The molecule has 0 aliphatic carbocycles. The van der Waals surface area contributed by atoms with Crippen LogP contribution in [-0.4, -0.2) is 12.1 Å². The standard InChI is InChI=1S/C8H9F3O2/c1-5(2)13-7(12)4-6(3)8(9,10)11/h4H,1H2,2-3H3/b6-4+. The number of halogens is 3. The molecule has 74 valence electrons. The van der Waals surface area contributed by atoms with Gasteiger partial charge in [-0.1, -0.05) is 6.58 Å². The largest absolute Gasteiger partial charge is 0.429 e. The third-order valence-electron chi connectivity index (χ3n) is 1.06. The highest BCUT2D eigenvalue weighted by Gasteiger charge is 2.30. The SMILES string of the molecule is C=C(C)OC(=O)/C=C(\C)C(F)(F)F. The molecule has 0 aromatic rings. The minimum atomic E-state index is -4.49. The molecule has 0 rings (SSSR count). The molecular formula is C8H9F3O2. The van der Waals surface area contributed by atoms with E-state index < -0.39 is 17.7 Å². The van der Waals surface area contributed by atoms with Gasteiger partial charge in [0.2, 0.25) is 0 Å². The Morgan fingerprint density at radius 3 is 2.15 bits per heavy atom. The number of allylic oxidation sites excluding steroid dienone is 2. The molecule has 0 heterocycles. The first-order chi connectivity index (χ1) is 5.73. The van der Waals surface area contributed by atoms with E-state index in [-0.39, 0.29) is 5.76 Å². The van der Waals surface area contributed by atoms with Gasteiger partial charge in [0.1, 0.15) is 0 Å². The van der Waals surface area contributed by atoms with E-state index in [4.69, 9.17) is 0 Å². The van der Waals surface area contributed by atoms with Crippen molar-refractivity contribution in [3.05, 3.63) is 24.0 Å². The molecule has 0 radical (unpaired) electrons. The highest BCUT2D eigenvalue weighted by atomic mass is 19.4. The highest BCUT2D eigenvalue weighted by Crippen LogP contribution is 2.24. The molecule has 0 amide bonds. The first-order valence-corrected chi connectivity index (χ1v) is 3.36. The monoisotopic (exact) mass is 194 g/mol. The predicted molar refractivity (Wildman–Crippen MR) is 40.7 cm³/mol. The van der Waals surface area contributed by atoms with Gasteiger partial charge >= 0.3 is 12.1 Å². The van der Waals surface area contributed by atoms with Crippen molar-refractivity contribution in [1.82, 2.24) is 0 Å². The maximum Gasteiger partial charge on any atom is 0.412 e. The number of carbonyl (C=O) groups excluding carboxylic acids is 1. The molecule has 0 N–H and O–H groups in total. The fourth-order valence-electron chi connectivity index (χ4n) is 0.460. The van der Waals surface area contributed by atoms with Crippen LogP contribution in [0.5, 0.6) is 0 Å². The number of ether oxygens (including phenoxy) is 1. The second-order valence-electron chi connectivity index (χ2n) is 2.45. The van der Waals surface area contributed by atoms with Crippen molar-refractivity contribution in [2.24, 2.45) is 0 Å². The van der Waals surface area contributed by atoms with E-state index in [0.29, 0.717) is 6.08 Å². The van der Waals surface area contributed by atoms with Crippen LogP contribution in [0.1, 0.15) is 13.8 Å². The van der Waals surface area contributed by atoms with Crippen LogP contribution in [0.25, 0.3) is 0 Å². The summed E-state index contributed by atoms with van der Waals surface area (Å²) in [5, 5.41) is 0. The fourth-order valence-corrected chi connectivity index (χ4v) is 0.460. The molecule has 0 unspecified atom stereocenters. The number of carbonyl (C=O) groups is 1. The maximum absolute atomic E-state index is 11.8. The van der Waals surface area contributed by atoms with Crippen molar-refractivity contribution < 1.29 is 22.7 Å². The zero-order valence-electron chi connectivity index (χ0n) is 7.23. The van der Waals surface area contributed by atoms with E-state index >= 15 is 0 Å². The van der Waals surface area contributed by atoms with Gasteiger partial charge < -0.3 is 4.74 Å². The van der Waals surface area contributed by atoms with E-state index in [0.717, 1.165) is 6.92 Å². The molecule has 0 bridgehead atoms. The lowest BCUT2D eigenvalue weighted by molar-refractivity contribution is -0.134. The normalized spacial score (nSPS) is 12.5. The van der Waals surface area contributed by atoms with Gasteiger partial charge in [-0.05, 0) is 13.8 Å². The van der Waals surface area contributed by atoms with Crippen molar-refractivity contribution in [3.8, 4) is 0 Å². The molecule has 0 aliphatic rings. The van der Waals surface area contributed by atoms with Gasteiger partial charge in [-0.15, -0.1) is 0 Å². The summed E-state index contributed by atoms with van der Waals surface area (Å²) >= 11 is 0. The van der Waals surface area contributed by atoms with Crippen LogP contribution >= 0.6 is 0 Å². The van der Waals surface area contributed by atoms with E-state index in [1.165, 1.54) is 6.92 Å². The third kappa shape index (κ3) is 5.05. The van der Waals surface area contributed by atoms with Crippen LogP contribution in [0.3, 0.4) is 0 Å². The van der Waals surface area contributed by atoms with Crippen molar-refractivity contribution in [1.29, 1.82) is 0 Å². The summed E-state index contributed by atoms with van der Waals surface area (Å²) in [6.45, 7) is 5.37. The van der Waals surface area contributed by atoms with Gasteiger partial charge in [-0.3, -0.25) is 0 Å². The fraction of sp³-hybridized carbons (Fsp3) is 0.375. The lowest BCUT2D eigenvalue weighted by Gasteiger charge is -2.05. The topological polar surface area (TPSA) is 26.3 Å². The smallest absolute Gasteiger partial charge is 0.412 e. The van der Waals surface area contributed by atoms with Crippen LogP contribution in [0.2, 0.25) is 0 Å². The first-order valence-electron chi connectivity index (χ1n) is 3.36. The summed E-state index contributed by atoms with van der Waals surface area (Å²) in [6, 6.07) is 0. The van der Waals surface area contributed by atoms with Gasteiger partial charge in [0, 0.05) is 11.6 Å². The van der Waals surface area contributed by atoms with Crippen LogP contribution in [0, 0.1) is 0 Å². The van der Waals surface area contributed by atoms with Crippen molar-refractivity contribution >= 4 is 5.97 Å².